The Balaban J connectivity index is 2.08. The highest BCUT2D eigenvalue weighted by atomic mass is 127. The number of carbonyl (C=O) groups is 1. The third kappa shape index (κ3) is 2.52. The molecular weight excluding hydrogens is 431 g/mol. The number of nitrogens with zero attached hydrogens (tertiary/aromatic N) is 2. The maximum Gasteiger partial charge on any atom is 0.261 e. The normalized spacial score (nSPS) is 14.1. The summed E-state index contributed by atoms with van der Waals surface area (Å²) in [6.45, 7) is 0.556. The maximum atomic E-state index is 12.8. The Morgan fingerprint density at radius 3 is 2.70 bits per heavy atom. The molecule has 0 radical (unpaired) electrons. The average molecular weight is 441 g/mol. The molecule has 0 atom stereocenters. The van der Waals surface area contributed by atoms with E-state index in [1.165, 1.54) is 0 Å². The number of pyridine rings is 1. The van der Waals surface area contributed by atoms with Crippen molar-refractivity contribution in [1.29, 1.82) is 0 Å². The first-order chi connectivity index (χ1) is 9.66. The summed E-state index contributed by atoms with van der Waals surface area (Å²) in [6.07, 6.45) is 5.65. The van der Waals surface area contributed by atoms with Crippen LogP contribution in [-0.4, -0.2) is 17.4 Å². The second-order valence-electron chi connectivity index (χ2n) is 4.36. The number of hydrogen-bond acceptors (Lipinski definition) is 2. The van der Waals surface area contributed by atoms with E-state index < -0.39 is 0 Å². The smallest absolute Gasteiger partial charge is 0.261 e. The molecule has 1 aromatic heterocycles. The van der Waals surface area contributed by atoms with Crippen LogP contribution in [0.1, 0.15) is 15.9 Å². The Morgan fingerprint density at radius 1 is 1.20 bits per heavy atom. The number of anilines is 1. The summed E-state index contributed by atoms with van der Waals surface area (Å²) in [5, 5.41) is 0. The van der Waals surface area contributed by atoms with Gasteiger partial charge in [0.2, 0.25) is 0 Å². The molecule has 0 fully saturated rings. The third-order valence-corrected chi connectivity index (χ3v) is 4.44. The minimum atomic E-state index is -0.0359. The van der Waals surface area contributed by atoms with Gasteiger partial charge in [-0.3, -0.25) is 4.79 Å². The molecule has 2 aromatic rings. The summed E-state index contributed by atoms with van der Waals surface area (Å²) in [7, 11) is 0. The number of carbonyl (C=O) groups excluding carboxylic acids is 1. The van der Waals surface area contributed by atoms with Gasteiger partial charge in [0, 0.05) is 22.0 Å². The van der Waals surface area contributed by atoms with Crippen molar-refractivity contribution in [3.8, 4) is 0 Å². The van der Waals surface area contributed by atoms with Crippen LogP contribution < -0.4 is 4.90 Å². The summed E-state index contributed by atoms with van der Waals surface area (Å²) < 4.78 is 1.73. The second kappa shape index (κ2) is 5.65. The molecule has 2 heterocycles. The van der Waals surface area contributed by atoms with Crippen LogP contribution >= 0.6 is 38.5 Å². The van der Waals surface area contributed by atoms with Gasteiger partial charge in [0.05, 0.1) is 5.56 Å². The molecule has 0 N–H and O–H groups in total. The lowest BCUT2D eigenvalue weighted by Crippen LogP contribution is -2.31. The summed E-state index contributed by atoms with van der Waals surface area (Å²) in [5.41, 5.74) is 2.40. The molecule has 100 valence electrons. The van der Waals surface area contributed by atoms with Gasteiger partial charge in [0.25, 0.3) is 5.91 Å². The lowest BCUT2D eigenvalue weighted by molar-refractivity contribution is 0.0989. The van der Waals surface area contributed by atoms with Crippen LogP contribution in [-0.2, 0) is 0 Å². The topological polar surface area (TPSA) is 33.2 Å². The standard InChI is InChI=1S/C15H10BrIN2O/c16-14-13-10(7-8-18-14)2-1-9-19(15(13)20)12-5-3-11(17)4-6-12/h1-8H,9H2. The second-order valence-corrected chi connectivity index (χ2v) is 6.36. The highest BCUT2D eigenvalue weighted by molar-refractivity contribution is 14.1. The molecule has 3 nitrogen and oxygen atoms in total. The lowest BCUT2D eigenvalue weighted by Gasteiger charge is -2.21. The van der Waals surface area contributed by atoms with Crippen LogP contribution in [0.25, 0.3) is 6.08 Å². The van der Waals surface area contributed by atoms with Crippen molar-refractivity contribution in [2.75, 3.05) is 11.4 Å². The first-order valence-electron chi connectivity index (χ1n) is 6.05. The average Bonchev–Trinajstić information content (AvgIpc) is 2.60. The number of hydrogen-bond donors (Lipinski definition) is 0. The van der Waals surface area contributed by atoms with Crippen LogP contribution in [0.15, 0.2) is 47.2 Å². The third-order valence-electron chi connectivity index (χ3n) is 3.12. The summed E-state index contributed by atoms with van der Waals surface area (Å²) in [5.74, 6) is -0.0359. The summed E-state index contributed by atoms with van der Waals surface area (Å²) >= 11 is 5.63. The van der Waals surface area contributed by atoms with Gasteiger partial charge in [-0.25, -0.2) is 4.98 Å². The fourth-order valence-electron chi connectivity index (χ4n) is 2.15. The Labute approximate surface area is 139 Å². The van der Waals surface area contributed by atoms with E-state index in [2.05, 4.69) is 43.5 Å². The molecule has 1 aliphatic rings. The zero-order valence-corrected chi connectivity index (χ0v) is 14.1. The Hall–Kier alpha value is -1.21. The zero-order chi connectivity index (χ0) is 14.1. The van der Waals surface area contributed by atoms with E-state index in [9.17, 15) is 4.79 Å². The van der Waals surface area contributed by atoms with Crippen molar-refractivity contribution >= 4 is 56.2 Å². The number of halogens is 2. The van der Waals surface area contributed by atoms with Gasteiger partial charge >= 0.3 is 0 Å². The predicted molar refractivity (Wildman–Crippen MR) is 91.8 cm³/mol. The predicted octanol–water partition coefficient (Wildman–Crippen LogP) is 4.12. The monoisotopic (exact) mass is 440 g/mol. The van der Waals surface area contributed by atoms with Gasteiger partial charge in [0.1, 0.15) is 4.60 Å². The molecule has 1 aliphatic heterocycles. The van der Waals surface area contributed by atoms with Gasteiger partial charge < -0.3 is 4.90 Å². The molecule has 5 heteroatoms. The molecule has 20 heavy (non-hydrogen) atoms. The summed E-state index contributed by atoms with van der Waals surface area (Å²) in [6, 6.07) is 9.77. The van der Waals surface area contributed by atoms with Crippen LogP contribution in [0.5, 0.6) is 0 Å². The van der Waals surface area contributed by atoms with E-state index >= 15 is 0 Å². The largest absolute Gasteiger partial charge is 0.304 e. The van der Waals surface area contributed by atoms with Crippen molar-refractivity contribution in [2.45, 2.75) is 0 Å². The van der Waals surface area contributed by atoms with Gasteiger partial charge in [-0.05, 0) is 74.4 Å². The molecule has 0 spiro atoms. The van der Waals surface area contributed by atoms with Crippen molar-refractivity contribution in [3.63, 3.8) is 0 Å². The molecule has 0 bridgehead atoms. The molecule has 1 aromatic carbocycles. The van der Waals surface area contributed by atoms with Crippen molar-refractivity contribution in [3.05, 3.63) is 61.9 Å². The van der Waals surface area contributed by atoms with E-state index in [0.29, 0.717) is 16.7 Å². The van der Waals surface area contributed by atoms with E-state index in [1.807, 2.05) is 42.5 Å². The quantitative estimate of drug-likeness (QED) is 0.493. The molecule has 0 unspecified atom stereocenters. The molecule has 0 saturated heterocycles. The van der Waals surface area contributed by atoms with Gasteiger partial charge in [-0.1, -0.05) is 12.2 Å². The fourth-order valence-corrected chi connectivity index (χ4v) is 3.02. The van der Waals surface area contributed by atoms with Crippen LogP contribution in [0.3, 0.4) is 0 Å². The van der Waals surface area contributed by atoms with Gasteiger partial charge in [-0.2, -0.15) is 0 Å². The number of aromatic nitrogens is 1. The molecule has 3 rings (SSSR count). The van der Waals surface area contributed by atoms with E-state index in [-0.39, 0.29) is 5.91 Å². The van der Waals surface area contributed by atoms with Gasteiger partial charge in [0.15, 0.2) is 0 Å². The number of benzene rings is 1. The number of amides is 1. The Morgan fingerprint density at radius 2 is 1.95 bits per heavy atom. The maximum absolute atomic E-state index is 12.8. The summed E-state index contributed by atoms with van der Waals surface area (Å²) in [4.78, 5) is 18.7. The Kier molecular flexibility index (Phi) is 3.89. The first kappa shape index (κ1) is 13.8. The fraction of sp³-hybridized carbons (Fsp3) is 0.0667. The molecule has 0 saturated carbocycles. The minimum Gasteiger partial charge on any atom is -0.304 e. The van der Waals surface area contributed by atoms with Gasteiger partial charge in [-0.15, -0.1) is 0 Å². The zero-order valence-electron chi connectivity index (χ0n) is 10.4. The SMILES string of the molecule is O=C1c2c(ccnc2Br)C=CCN1c1ccc(I)cc1. The molecular formula is C15H10BrIN2O. The highest BCUT2D eigenvalue weighted by Crippen LogP contribution is 2.27. The van der Waals surface area contributed by atoms with Crippen molar-refractivity contribution in [1.82, 2.24) is 4.98 Å². The van der Waals surface area contributed by atoms with Crippen LogP contribution in [0.4, 0.5) is 5.69 Å². The Bertz CT molecular complexity index is 698. The van der Waals surface area contributed by atoms with E-state index in [4.69, 9.17) is 0 Å². The molecule has 1 amide bonds. The van der Waals surface area contributed by atoms with Crippen molar-refractivity contribution in [2.24, 2.45) is 0 Å². The molecule has 0 aliphatic carbocycles. The highest BCUT2D eigenvalue weighted by Gasteiger charge is 2.24. The first-order valence-corrected chi connectivity index (χ1v) is 7.92. The minimum absolute atomic E-state index is 0.0359. The van der Waals surface area contributed by atoms with Crippen LogP contribution in [0, 0.1) is 3.57 Å². The lowest BCUT2D eigenvalue weighted by atomic mass is 10.1. The number of fused-ring (bicyclic) bond motifs is 1. The van der Waals surface area contributed by atoms with E-state index in [0.717, 1.165) is 14.8 Å². The number of rotatable bonds is 1. The van der Waals surface area contributed by atoms with Crippen molar-refractivity contribution < 1.29 is 4.79 Å². The van der Waals surface area contributed by atoms with E-state index in [1.54, 1.807) is 11.1 Å². The van der Waals surface area contributed by atoms with Crippen LogP contribution in [0.2, 0.25) is 0 Å².